The first-order valence-electron chi connectivity index (χ1n) is 3.53. The number of carbonyl (C=O) groups is 1. The van der Waals surface area contributed by atoms with Gasteiger partial charge in [0.1, 0.15) is 6.04 Å². The number of hydrogen-bond acceptors (Lipinski definition) is 4. The van der Waals surface area contributed by atoms with Gasteiger partial charge in [-0.3, -0.25) is 9.79 Å². The fraction of sp³-hybridized carbons (Fsp3) is 0.429. The van der Waals surface area contributed by atoms with E-state index < -0.39 is 12.0 Å². The van der Waals surface area contributed by atoms with E-state index in [0.29, 0.717) is 13.0 Å². The summed E-state index contributed by atoms with van der Waals surface area (Å²) in [5, 5.41) is 8.37. The minimum absolute atomic E-state index is 0.338. The summed E-state index contributed by atoms with van der Waals surface area (Å²) in [4.78, 5) is 14.1. The van der Waals surface area contributed by atoms with E-state index in [9.17, 15) is 4.79 Å². The molecule has 1 unspecified atom stereocenters. The Bertz CT molecular complexity index is 189. The lowest BCUT2D eigenvalue weighted by Crippen LogP contribution is -2.30. The highest BCUT2D eigenvalue weighted by atomic mass is 16.4. The molecule has 0 fully saturated rings. The van der Waals surface area contributed by atoms with Crippen LogP contribution in [0.15, 0.2) is 17.3 Å². The Morgan fingerprint density at radius 3 is 2.83 bits per heavy atom. The molecular weight excluding hydrogens is 158 g/mol. The molecule has 5 heteroatoms. The number of hydrogen-bond donors (Lipinski definition) is 3. The van der Waals surface area contributed by atoms with Crippen LogP contribution < -0.4 is 11.5 Å². The lowest BCUT2D eigenvalue weighted by atomic mass is 10.2. The second kappa shape index (κ2) is 6.36. The molecule has 5 nitrogen and oxygen atoms in total. The first-order chi connectivity index (χ1) is 5.68. The molecule has 0 spiro atoms. The Labute approximate surface area is 70.8 Å². The summed E-state index contributed by atoms with van der Waals surface area (Å²) >= 11 is 0. The highest BCUT2D eigenvalue weighted by molar-refractivity contribution is 5.73. The van der Waals surface area contributed by atoms with Crippen LogP contribution in [0.2, 0.25) is 0 Å². The van der Waals surface area contributed by atoms with E-state index in [1.165, 1.54) is 12.4 Å². The van der Waals surface area contributed by atoms with Gasteiger partial charge in [-0.15, -0.1) is 0 Å². The Morgan fingerprint density at radius 1 is 1.67 bits per heavy atom. The van der Waals surface area contributed by atoms with Crippen molar-refractivity contribution in [3.05, 3.63) is 12.3 Å². The van der Waals surface area contributed by atoms with Crippen molar-refractivity contribution in [3.63, 3.8) is 0 Å². The molecule has 0 bridgehead atoms. The van der Waals surface area contributed by atoms with Crippen molar-refractivity contribution in [2.75, 3.05) is 6.54 Å². The number of carboxylic acid groups (broad SMARTS) is 1. The fourth-order valence-electron chi connectivity index (χ4n) is 0.522. The van der Waals surface area contributed by atoms with Crippen molar-refractivity contribution in [2.45, 2.75) is 12.5 Å². The molecule has 0 rings (SSSR count). The van der Waals surface area contributed by atoms with E-state index >= 15 is 0 Å². The van der Waals surface area contributed by atoms with Crippen LogP contribution in [0.3, 0.4) is 0 Å². The van der Waals surface area contributed by atoms with Gasteiger partial charge >= 0.3 is 5.97 Å². The van der Waals surface area contributed by atoms with Crippen molar-refractivity contribution in [3.8, 4) is 0 Å². The van der Waals surface area contributed by atoms with Gasteiger partial charge in [0.15, 0.2) is 0 Å². The molecule has 0 aromatic rings. The Balaban J connectivity index is 3.49. The van der Waals surface area contributed by atoms with Gasteiger partial charge in [0.2, 0.25) is 0 Å². The maximum absolute atomic E-state index is 10.2. The van der Waals surface area contributed by atoms with E-state index in [-0.39, 0.29) is 0 Å². The first-order valence-corrected chi connectivity index (χ1v) is 3.53. The van der Waals surface area contributed by atoms with E-state index in [1.54, 1.807) is 6.08 Å². The molecule has 68 valence electrons. The van der Waals surface area contributed by atoms with Crippen molar-refractivity contribution in [1.82, 2.24) is 0 Å². The number of nitrogens with two attached hydrogens (primary N) is 2. The summed E-state index contributed by atoms with van der Waals surface area (Å²) < 4.78 is 0. The van der Waals surface area contributed by atoms with Crippen LogP contribution >= 0.6 is 0 Å². The van der Waals surface area contributed by atoms with Crippen LogP contribution in [-0.4, -0.2) is 29.9 Å². The van der Waals surface area contributed by atoms with Gasteiger partial charge in [-0.25, -0.2) is 0 Å². The summed E-state index contributed by atoms with van der Waals surface area (Å²) in [7, 11) is 0. The normalized spacial score (nSPS) is 14.1. The molecule has 0 aliphatic heterocycles. The molecule has 0 saturated carbocycles. The number of aliphatic carboxylic acids is 1. The summed E-state index contributed by atoms with van der Waals surface area (Å²) in [6.45, 7) is 0.401. The average Bonchev–Trinajstić information content (AvgIpc) is 2.03. The van der Waals surface area contributed by atoms with Crippen molar-refractivity contribution >= 4 is 12.2 Å². The summed E-state index contributed by atoms with van der Waals surface area (Å²) in [5.74, 6) is -1.00. The topological polar surface area (TPSA) is 102 Å². The van der Waals surface area contributed by atoms with Crippen LogP contribution in [0.25, 0.3) is 0 Å². The zero-order valence-electron chi connectivity index (χ0n) is 6.68. The quantitative estimate of drug-likeness (QED) is 0.477. The summed E-state index contributed by atoms with van der Waals surface area (Å²) in [5.41, 5.74) is 10.2. The maximum Gasteiger partial charge on any atom is 0.320 e. The van der Waals surface area contributed by atoms with Gasteiger partial charge in [0, 0.05) is 12.8 Å². The standard InChI is InChI=1S/C7H13N3O2/c8-3-1-4-10-5-2-6(9)7(11)12/h1,3-4,6H,2,5,8-9H2,(H,11,12)/b3-1-,10-4?. The van der Waals surface area contributed by atoms with E-state index in [1.807, 2.05) is 0 Å². The molecule has 0 aliphatic rings. The first kappa shape index (κ1) is 10.6. The molecular formula is C7H13N3O2. The Kier molecular flexibility index (Phi) is 5.64. The minimum atomic E-state index is -1.00. The van der Waals surface area contributed by atoms with Gasteiger partial charge < -0.3 is 16.6 Å². The molecule has 1 atom stereocenters. The van der Waals surface area contributed by atoms with Crippen LogP contribution in [0.5, 0.6) is 0 Å². The zero-order valence-corrected chi connectivity index (χ0v) is 6.68. The van der Waals surface area contributed by atoms with Gasteiger partial charge in [0.05, 0.1) is 0 Å². The molecule has 0 amide bonds. The highest BCUT2D eigenvalue weighted by Gasteiger charge is 2.08. The lowest BCUT2D eigenvalue weighted by molar-refractivity contribution is -0.138. The van der Waals surface area contributed by atoms with Crippen LogP contribution in [0, 0.1) is 0 Å². The second-order valence-electron chi connectivity index (χ2n) is 2.17. The number of carboxylic acids is 1. The molecule has 0 aliphatic carbocycles. The SMILES string of the molecule is N/C=C\C=NCCC(N)C(=O)O. The molecule has 0 radical (unpaired) electrons. The number of nitrogens with zero attached hydrogens (tertiary/aromatic N) is 1. The fourth-order valence-corrected chi connectivity index (χ4v) is 0.522. The third-order valence-corrected chi connectivity index (χ3v) is 1.19. The predicted molar refractivity (Wildman–Crippen MR) is 46.9 cm³/mol. The number of allylic oxidation sites excluding steroid dienone is 1. The number of aliphatic imine (C=N–C) groups is 1. The zero-order chi connectivity index (χ0) is 9.40. The van der Waals surface area contributed by atoms with Gasteiger partial charge in [0.25, 0.3) is 0 Å². The van der Waals surface area contributed by atoms with Crippen molar-refractivity contribution in [2.24, 2.45) is 16.5 Å². The van der Waals surface area contributed by atoms with Gasteiger partial charge in [-0.1, -0.05) is 0 Å². The van der Waals surface area contributed by atoms with E-state index in [0.717, 1.165) is 0 Å². The second-order valence-corrected chi connectivity index (χ2v) is 2.17. The largest absolute Gasteiger partial charge is 0.480 e. The predicted octanol–water partition coefficient (Wildman–Crippen LogP) is -0.668. The highest BCUT2D eigenvalue weighted by Crippen LogP contribution is 1.87. The summed E-state index contributed by atoms with van der Waals surface area (Å²) in [6.07, 6.45) is 4.76. The molecule has 0 aromatic heterocycles. The third-order valence-electron chi connectivity index (χ3n) is 1.19. The van der Waals surface area contributed by atoms with Crippen LogP contribution in [0.1, 0.15) is 6.42 Å². The van der Waals surface area contributed by atoms with Crippen LogP contribution in [-0.2, 0) is 4.79 Å². The molecule has 0 heterocycles. The van der Waals surface area contributed by atoms with E-state index in [2.05, 4.69) is 4.99 Å². The van der Waals surface area contributed by atoms with Gasteiger partial charge in [-0.05, 0) is 18.7 Å². The van der Waals surface area contributed by atoms with E-state index in [4.69, 9.17) is 16.6 Å². The maximum atomic E-state index is 10.2. The molecule has 12 heavy (non-hydrogen) atoms. The average molecular weight is 171 g/mol. The molecule has 5 N–H and O–H groups in total. The minimum Gasteiger partial charge on any atom is -0.480 e. The Morgan fingerprint density at radius 2 is 2.33 bits per heavy atom. The van der Waals surface area contributed by atoms with Crippen molar-refractivity contribution < 1.29 is 9.90 Å². The van der Waals surface area contributed by atoms with Crippen LogP contribution in [0.4, 0.5) is 0 Å². The summed E-state index contributed by atoms with van der Waals surface area (Å²) in [6, 6.07) is -0.830. The monoisotopic (exact) mass is 171 g/mol. The molecule has 0 aromatic carbocycles. The Hall–Kier alpha value is -1.36. The lowest BCUT2D eigenvalue weighted by Gasteiger charge is -2.01. The van der Waals surface area contributed by atoms with Gasteiger partial charge in [-0.2, -0.15) is 0 Å². The number of rotatable bonds is 5. The third kappa shape index (κ3) is 5.43. The smallest absolute Gasteiger partial charge is 0.320 e. The molecule has 0 saturated heterocycles. The van der Waals surface area contributed by atoms with Crippen molar-refractivity contribution in [1.29, 1.82) is 0 Å².